The first-order valence-corrected chi connectivity index (χ1v) is 12.9. The van der Waals surface area contributed by atoms with Crippen molar-refractivity contribution in [2.75, 3.05) is 0 Å². The molecule has 0 spiro atoms. The van der Waals surface area contributed by atoms with Crippen molar-refractivity contribution in [2.24, 2.45) is 0 Å². The normalized spacial score (nSPS) is 11.1. The molecule has 0 saturated heterocycles. The van der Waals surface area contributed by atoms with E-state index in [1.165, 1.54) is 29.7 Å². The van der Waals surface area contributed by atoms with Crippen LogP contribution in [0.5, 0.6) is 0 Å². The minimum absolute atomic E-state index is 0.189. The number of carbonyl (C=O) groups is 2. The molecular weight excluding hydrogens is 503 g/mol. The Balaban J connectivity index is 1.37. The standard InChI is InChI=1S/C34H25FN2O3/c35-29-13-11-25(12-14-29)28-19-31-16-15-30(18-23-7-8-24-3-1-2-4-27(24)17-23)37(31)32(20-28)33(38)36-21-22-5-9-26(10-6-22)34(39)40/h1-17,19-20H,18,21H2,(H,36,38)(H,39,40). The number of hydrogen-bond acceptors (Lipinski definition) is 2. The first-order chi connectivity index (χ1) is 19.4. The van der Waals surface area contributed by atoms with Crippen molar-refractivity contribution in [3.05, 3.63) is 149 Å². The summed E-state index contributed by atoms with van der Waals surface area (Å²) in [5, 5.41) is 14.5. The number of fused-ring (bicyclic) bond motifs is 2. The van der Waals surface area contributed by atoms with Crippen LogP contribution in [0, 0.1) is 5.82 Å². The molecule has 2 aromatic heterocycles. The average molecular weight is 529 g/mol. The van der Waals surface area contributed by atoms with Crippen LogP contribution in [0.2, 0.25) is 0 Å². The molecule has 6 rings (SSSR count). The van der Waals surface area contributed by atoms with Crippen LogP contribution in [-0.4, -0.2) is 21.4 Å². The van der Waals surface area contributed by atoms with Gasteiger partial charge in [0, 0.05) is 24.2 Å². The molecule has 0 aliphatic carbocycles. The largest absolute Gasteiger partial charge is 0.478 e. The second-order valence-electron chi connectivity index (χ2n) is 9.76. The first kappa shape index (κ1) is 25.1. The summed E-state index contributed by atoms with van der Waals surface area (Å²) >= 11 is 0. The number of hydrogen-bond donors (Lipinski definition) is 2. The van der Waals surface area contributed by atoms with E-state index in [2.05, 4.69) is 35.6 Å². The highest BCUT2D eigenvalue weighted by atomic mass is 19.1. The third-order valence-corrected chi connectivity index (χ3v) is 7.09. The van der Waals surface area contributed by atoms with Crippen molar-refractivity contribution in [3.63, 3.8) is 0 Å². The Morgan fingerprint density at radius 1 is 0.725 bits per heavy atom. The van der Waals surface area contributed by atoms with Gasteiger partial charge in [0.2, 0.25) is 0 Å². The van der Waals surface area contributed by atoms with Crippen molar-refractivity contribution in [2.45, 2.75) is 13.0 Å². The van der Waals surface area contributed by atoms with E-state index in [-0.39, 0.29) is 23.8 Å². The van der Waals surface area contributed by atoms with Crippen molar-refractivity contribution < 1.29 is 19.1 Å². The number of halogens is 1. The highest BCUT2D eigenvalue weighted by Gasteiger charge is 2.17. The van der Waals surface area contributed by atoms with Crippen molar-refractivity contribution >= 4 is 28.2 Å². The molecule has 4 aromatic carbocycles. The molecule has 5 nitrogen and oxygen atoms in total. The van der Waals surface area contributed by atoms with Gasteiger partial charge in [-0.2, -0.15) is 0 Å². The van der Waals surface area contributed by atoms with E-state index >= 15 is 0 Å². The van der Waals surface area contributed by atoms with Gasteiger partial charge in [-0.15, -0.1) is 0 Å². The van der Waals surface area contributed by atoms with E-state index in [1.807, 2.05) is 40.8 Å². The van der Waals surface area contributed by atoms with Gasteiger partial charge in [-0.1, -0.05) is 66.7 Å². The SMILES string of the molecule is O=C(O)c1ccc(CNC(=O)c2cc(-c3ccc(F)cc3)cc3ccc(Cc4ccc5ccccc5c4)n23)cc1. The molecule has 0 radical (unpaired) electrons. The zero-order chi connectivity index (χ0) is 27.6. The molecule has 40 heavy (non-hydrogen) atoms. The summed E-state index contributed by atoms with van der Waals surface area (Å²) in [5.74, 6) is -1.59. The highest BCUT2D eigenvalue weighted by Crippen LogP contribution is 2.27. The summed E-state index contributed by atoms with van der Waals surface area (Å²) < 4.78 is 15.6. The number of aromatic carboxylic acids is 1. The number of carbonyl (C=O) groups excluding carboxylic acids is 1. The van der Waals surface area contributed by atoms with Crippen molar-refractivity contribution in [3.8, 4) is 11.1 Å². The van der Waals surface area contributed by atoms with Crippen LogP contribution < -0.4 is 5.32 Å². The van der Waals surface area contributed by atoms with Crippen LogP contribution in [0.4, 0.5) is 4.39 Å². The minimum Gasteiger partial charge on any atom is -0.478 e. The highest BCUT2D eigenvalue weighted by molar-refractivity contribution is 5.95. The van der Waals surface area contributed by atoms with Gasteiger partial charge < -0.3 is 14.8 Å². The zero-order valence-electron chi connectivity index (χ0n) is 21.5. The summed E-state index contributed by atoms with van der Waals surface area (Å²) in [5.41, 5.74) is 5.99. The molecule has 0 atom stereocenters. The topological polar surface area (TPSA) is 70.8 Å². The Labute approximate surface area is 230 Å². The molecule has 1 amide bonds. The number of nitrogens with one attached hydrogen (secondary N) is 1. The number of rotatable bonds is 7. The Bertz CT molecular complexity index is 1870. The smallest absolute Gasteiger partial charge is 0.335 e. The molecule has 0 aliphatic rings. The average Bonchev–Trinajstić information content (AvgIpc) is 3.38. The van der Waals surface area contributed by atoms with Crippen LogP contribution in [0.3, 0.4) is 0 Å². The van der Waals surface area contributed by atoms with Gasteiger partial charge in [0.05, 0.1) is 5.56 Å². The number of carboxylic acid groups (broad SMARTS) is 1. The first-order valence-electron chi connectivity index (χ1n) is 12.9. The Kier molecular flexibility index (Phi) is 6.58. The van der Waals surface area contributed by atoms with Gasteiger partial charge >= 0.3 is 5.97 Å². The lowest BCUT2D eigenvalue weighted by Gasteiger charge is -2.14. The summed E-state index contributed by atoms with van der Waals surface area (Å²) in [6.07, 6.45) is 0.631. The predicted molar refractivity (Wildman–Crippen MR) is 154 cm³/mol. The third kappa shape index (κ3) is 5.07. The third-order valence-electron chi connectivity index (χ3n) is 7.09. The summed E-state index contributed by atoms with van der Waals surface area (Å²) in [6, 6.07) is 35.1. The lowest BCUT2D eigenvalue weighted by atomic mass is 10.0. The molecule has 0 bridgehead atoms. The van der Waals surface area contributed by atoms with Crippen molar-refractivity contribution in [1.29, 1.82) is 0 Å². The van der Waals surface area contributed by atoms with Gasteiger partial charge in [-0.3, -0.25) is 4.79 Å². The van der Waals surface area contributed by atoms with Crippen molar-refractivity contribution in [1.82, 2.24) is 9.72 Å². The quantitative estimate of drug-likeness (QED) is 0.232. The summed E-state index contributed by atoms with van der Waals surface area (Å²) in [4.78, 5) is 24.8. The molecular formula is C34H25FN2O3. The van der Waals surface area contributed by atoms with E-state index in [9.17, 15) is 14.0 Å². The molecule has 0 fully saturated rings. The number of amides is 1. The maximum Gasteiger partial charge on any atom is 0.335 e. The van der Waals surface area contributed by atoms with Crippen LogP contribution in [-0.2, 0) is 13.0 Å². The molecule has 6 heteroatoms. The Morgan fingerprint density at radius 3 is 2.20 bits per heavy atom. The monoisotopic (exact) mass is 528 g/mol. The number of nitrogens with zero attached hydrogens (tertiary/aromatic N) is 1. The Morgan fingerprint density at radius 2 is 1.45 bits per heavy atom. The molecule has 0 aliphatic heterocycles. The van der Waals surface area contributed by atoms with Crippen LogP contribution in [0.25, 0.3) is 27.4 Å². The fourth-order valence-corrected chi connectivity index (χ4v) is 5.03. The van der Waals surface area contributed by atoms with Crippen LogP contribution >= 0.6 is 0 Å². The van der Waals surface area contributed by atoms with E-state index in [0.717, 1.165) is 38.9 Å². The van der Waals surface area contributed by atoms with Crippen LogP contribution in [0.15, 0.2) is 115 Å². The van der Waals surface area contributed by atoms with Crippen LogP contribution in [0.1, 0.15) is 37.7 Å². The van der Waals surface area contributed by atoms with Gasteiger partial charge in [0.15, 0.2) is 0 Å². The molecule has 0 saturated carbocycles. The predicted octanol–water partition coefficient (Wildman–Crippen LogP) is 7.12. The minimum atomic E-state index is -0.998. The fourth-order valence-electron chi connectivity index (χ4n) is 5.03. The second-order valence-corrected chi connectivity index (χ2v) is 9.76. The lowest BCUT2D eigenvalue weighted by molar-refractivity contribution is 0.0696. The summed E-state index contributed by atoms with van der Waals surface area (Å²) in [7, 11) is 0. The molecule has 2 heterocycles. The molecule has 196 valence electrons. The fraction of sp³-hybridized carbons (Fsp3) is 0.0588. The number of carboxylic acids is 1. The lowest BCUT2D eigenvalue weighted by Crippen LogP contribution is -2.25. The van der Waals surface area contributed by atoms with Gasteiger partial charge in [-0.05, 0) is 81.6 Å². The number of benzene rings is 4. The van der Waals surface area contributed by atoms with Gasteiger partial charge in [-0.25, -0.2) is 9.18 Å². The number of pyridine rings is 1. The molecule has 0 unspecified atom stereocenters. The number of aromatic nitrogens is 1. The second kappa shape index (κ2) is 10.5. The zero-order valence-corrected chi connectivity index (χ0v) is 21.5. The van der Waals surface area contributed by atoms with E-state index in [1.54, 1.807) is 24.3 Å². The maximum atomic E-state index is 13.6. The van der Waals surface area contributed by atoms with Gasteiger partial charge in [0.1, 0.15) is 11.5 Å². The van der Waals surface area contributed by atoms with Gasteiger partial charge in [0.25, 0.3) is 5.91 Å². The van der Waals surface area contributed by atoms with E-state index in [4.69, 9.17) is 5.11 Å². The Hall–Kier alpha value is -5.23. The van der Waals surface area contributed by atoms with E-state index < -0.39 is 5.97 Å². The molecule has 2 N–H and O–H groups in total. The molecule has 6 aromatic rings. The maximum absolute atomic E-state index is 13.6. The van der Waals surface area contributed by atoms with E-state index in [0.29, 0.717) is 12.1 Å². The summed E-state index contributed by atoms with van der Waals surface area (Å²) in [6.45, 7) is 0.238.